The topological polar surface area (TPSA) is 83.0 Å². The molecule has 4 N–H and O–H groups in total. The molecule has 2 heterocycles. The lowest BCUT2D eigenvalue weighted by Gasteiger charge is -2.00. The summed E-state index contributed by atoms with van der Waals surface area (Å²) in [6, 6.07) is 3.68. The first kappa shape index (κ1) is 7.72. The van der Waals surface area contributed by atoms with Gasteiger partial charge < -0.3 is 15.9 Å². The lowest BCUT2D eigenvalue weighted by atomic mass is 10.4. The number of nitrogens with zero attached hydrogens (tertiary/aromatic N) is 2. The summed E-state index contributed by atoms with van der Waals surface area (Å²) in [5.74, 6) is 1.27. The molecule has 2 aromatic rings. The van der Waals surface area contributed by atoms with Gasteiger partial charge in [0.25, 0.3) is 0 Å². The van der Waals surface area contributed by atoms with Crippen molar-refractivity contribution in [3.05, 3.63) is 30.4 Å². The average molecular weight is 178 g/mol. The quantitative estimate of drug-likeness (QED) is 0.708. The van der Waals surface area contributed by atoms with Crippen LogP contribution >= 0.6 is 0 Å². The second-order valence-electron chi connectivity index (χ2n) is 2.72. The number of anilines is 2. The molecule has 0 spiro atoms. The van der Waals surface area contributed by atoms with Gasteiger partial charge in [0.05, 0.1) is 18.1 Å². The number of nitrogens with two attached hydrogens (primary N) is 2. The Kier molecular flexibility index (Phi) is 1.70. The van der Waals surface area contributed by atoms with Gasteiger partial charge in [0.15, 0.2) is 0 Å². The molecule has 0 aliphatic heterocycles. The van der Waals surface area contributed by atoms with Crippen molar-refractivity contribution in [2.45, 2.75) is 6.54 Å². The normalized spacial score (nSPS) is 10.5. The van der Waals surface area contributed by atoms with Gasteiger partial charge in [-0.1, -0.05) is 0 Å². The zero-order chi connectivity index (χ0) is 9.26. The molecule has 5 nitrogen and oxygen atoms in total. The Morgan fingerprint density at radius 2 is 2.31 bits per heavy atom. The molecule has 0 amide bonds. The van der Waals surface area contributed by atoms with E-state index in [-0.39, 0.29) is 0 Å². The molecule has 0 radical (unpaired) electrons. The van der Waals surface area contributed by atoms with Gasteiger partial charge in [-0.2, -0.15) is 5.10 Å². The van der Waals surface area contributed by atoms with E-state index >= 15 is 0 Å². The summed E-state index contributed by atoms with van der Waals surface area (Å²) in [6.45, 7) is 0.510. The first-order valence-electron chi connectivity index (χ1n) is 3.86. The van der Waals surface area contributed by atoms with Gasteiger partial charge in [-0.3, -0.25) is 0 Å². The van der Waals surface area contributed by atoms with Crippen LogP contribution in [0.25, 0.3) is 0 Å². The molecule has 0 saturated carbocycles. The number of hydrogen-bond acceptors (Lipinski definition) is 4. The zero-order valence-electron chi connectivity index (χ0n) is 6.97. The van der Waals surface area contributed by atoms with E-state index < -0.39 is 0 Å². The summed E-state index contributed by atoms with van der Waals surface area (Å²) >= 11 is 0. The number of aromatic nitrogens is 2. The van der Waals surface area contributed by atoms with Crippen molar-refractivity contribution < 1.29 is 4.42 Å². The SMILES string of the molecule is Nc1cnn(Cc2ccco2)c1N. The van der Waals surface area contributed by atoms with E-state index in [9.17, 15) is 0 Å². The molecule has 0 aromatic carbocycles. The second kappa shape index (κ2) is 2.85. The molecule has 0 aliphatic carbocycles. The Bertz CT molecular complexity index is 390. The van der Waals surface area contributed by atoms with E-state index in [1.54, 1.807) is 10.9 Å². The average Bonchev–Trinajstić information content (AvgIpc) is 2.71. The Morgan fingerprint density at radius 1 is 1.46 bits per heavy atom. The molecule has 2 rings (SSSR count). The molecule has 0 bridgehead atoms. The molecule has 0 saturated heterocycles. The fraction of sp³-hybridized carbons (Fsp3) is 0.125. The highest BCUT2D eigenvalue weighted by atomic mass is 16.3. The molecular formula is C8H10N4O. The van der Waals surface area contributed by atoms with E-state index in [0.29, 0.717) is 18.1 Å². The monoisotopic (exact) mass is 178 g/mol. The standard InChI is InChI=1S/C8H10N4O/c9-7-4-11-12(8(7)10)5-6-2-1-3-13-6/h1-4H,5,9-10H2. The third-order valence-corrected chi connectivity index (χ3v) is 1.80. The molecule has 0 fully saturated rings. The number of rotatable bonds is 2. The zero-order valence-corrected chi connectivity index (χ0v) is 6.97. The Morgan fingerprint density at radius 3 is 2.85 bits per heavy atom. The summed E-state index contributed by atoms with van der Waals surface area (Å²) in [5, 5.41) is 4.00. The molecule has 0 atom stereocenters. The number of hydrogen-bond donors (Lipinski definition) is 2. The van der Waals surface area contributed by atoms with Crippen molar-refractivity contribution in [2.24, 2.45) is 0 Å². The van der Waals surface area contributed by atoms with E-state index in [4.69, 9.17) is 15.9 Å². The first-order chi connectivity index (χ1) is 6.27. The molecular weight excluding hydrogens is 168 g/mol. The lowest BCUT2D eigenvalue weighted by Crippen LogP contribution is -2.05. The highest BCUT2D eigenvalue weighted by Crippen LogP contribution is 2.14. The lowest BCUT2D eigenvalue weighted by molar-refractivity contribution is 0.482. The summed E-state index contributed by atoms with van der Waals surface area (Å²) in [6.07, 6.45) is 3.14. The molecule has 5 heteroatoms. The van der Waals surface area contributed by atoms with Crippen LogP contribution in [-0.4, -0.2) is 9.78 Å². The van der Waals surface area contributed by atoms with Crippen LogP contribution in [-0.2, 0) is 6.54 Å². The molecule has 0 unspecified atom stereocenters. The minimum atomic E-state index is 0.469. The Balaban J connectivity index is 2.24. The Hall–Kier alpha value is -1.91. The van der Waals surface area contributed by atoms with Gasteiger partial charge in [-0.15, -0.1) is 0 Å². The van der Waals surface area contributed by atoms with Crippen molar-refractivity contribution in [3.63, 3.8) is 0 Å². The second-order valence-corrected chi connectivity index (χ2v) is 2.72. The van der Waals surface area contributed by atoms with E-state index in [1.165, 1.54) is 6.20 Å². The smallest absolute Gasteiger partial charge is 0.145 e. The predicted molar refractivity (Wildman–Crippen MR) is 48.9 cm³/mol. The maximum Gasteiger partial charge on any atom is 0.145 e. The van der Waals surface area contributed by atoms with Crippen LogP contribution < -0.4 is 11.5 Å². The van der Waals surface area contributed by atoms with Crippen LogP contribution in [0.4, 0.5) is 11.5 Å². The summed E-state index contributed by atoms with van der Waals surface area (Å²) in [7, 11) is 0. The number of furan rings is 1. The summed E-state index contributed by atoms with van der Waals surface area (Å²) < 4.78 is 6.74. The van der Waals surface area contributed by atoms with Gasteiger partial charge in [0, 0.05) is 0 Å². The van der Waals surface area contributed by atoms with Crippen molar-refractivity contribution in [1.82, 2.24) is 9.78 Å². The number of nitrogen functional groups attached to an aromatic ring is 2. The first-order valence-corrected chi connectivity index (χ1v) is 3.86. The van der Waals surface area contributed by atoms with Gasteiger partial charge >= 0.3 is 0 Å². The van der Waals surface area contributed by atoms with Gasteiger partial charge in [0.2, 0.25) is 0 Å². The van der Waals surface area contributed by atoms with Crippen LogP contribution in [0.2, 0.25) is 0 Å². The maximum absolute atomic E-state index is 5.65. The third kappa shape index (κ3) is 1.35. The molecule has 0 aliphatic rings. The molecule has 68 valence electrons. The van der Waals surface area contributed by atoms with E-state index in [2.05, 4.69) is 5.10 Å². The van der Waals surface area contributed by atoms with Crippen molar-refractivity contribution in [3.8, 4) is 0 Å². The van der Waals surface area contributed by atoms with Gasteiger partial charge in [-0.05, 0) is 12.1 Å². The largest absolute Gasteiger partial charge is 0.467 e. The minimum Gasteiger partial charge on any atom is -0.467 e. The minimum absolute atomic E-state index is 0.469. The van der Waals surface area contributed by atoms with Crippen LogP contribution in [0.15, 0.2) is 29.0 Å². The van der Waals surface area contributed by atoms with Gasteiger partial charge in [0.1, 0.15) is 18.1 Å². The van der Waals surface area contributed by atoms with Crippen LogP contribution in [0, 0.1) is 0 Å². The fourth-order valence-corrected chi connectivity index (χ4v) is 1.09. The maximum atomic E-state index is 5.65. The van der Waals surface area contributed by atoms with Gasteiger partial charge in [-0.25, -0.2) is 4.68 Å². The third-order valence-electron chi connectivity index (χ3n) is 1.80. The summed E-state index contributed by atoms with van der Waals surface area (Å²) in [4.78, 5) is 0. The fourth-order valence-electron chi connectivity index (χ4n) is 1.09. The highest BCUT2D eigenvalue weighted by molar-refractivity contribution is 5.57. The molecule has 2 aromatic heterocycles. The van der Waals surface area contributed by atoms with Crippen LogP contribution in [0.5, 0.6) is 0 Å². The van der Waals surface area contributed by atoms with Crippen molar-refractivity contribution in [2.75, 3.05) is 11.5 Å². The van der Waals surface area contributed by atoms with Crippen molar-refractivity contribution in [1.29, 1.82) is 0 Å². The van der Waals surface area contributed by atoms with Crippen LogP contribution in [0.1, 0.15) is 5.76 Å². The van der Waals surface area contributed by atoms with Crippen LogP contribution in [0.3, 0.4) is 0 Å². The van der Waals surface area contributed by atoms with Crippen molar-refractivity contribution >= 4 is 11.5 Å². The predicted octanol–water partition coefficient (Wildman–Crippen LogP) is 0.689. The van der Waals surface area contributed by atoms with E-state index in [0.717, 1.165) is 5.76 Å². The summed E-state index contributed by atoms with van der Waals surface area (Å²) in [5.41, 5.74) is 11.7. The highest BCUT2D eigenvalue weighted by Gasteiger charge is 2.05. The molecule has 13 heavy (non-hydrogen) atoms. The Labute approximate surface area is 74.9 Å². The van der Waals surface area contributed by atoms with E-state index in [1.807, 2.05) is 12.1 Å².